The summed E-state index contributed by atoms with van der Waals surface area (Å²) in [5, 5.41) is 3.45. The maximum atomic E-state index is 5.55. The van der Waals surface area contributed by atoms with E-state index in [4.69, 9.17) is 4.74 Å². The van der Waals surface area contributed by atoms with Crippen molar-refractivity contribution in [1.82, 2.24) is 10.2 Å². The molecular weight excluding hydrogens is 176 g/mol. The summed E-state index contributed by atoms with van der Waals surface area (Å²) in [6, 6.07) is 0. The fourth-order valence-corrected chi connectivity index (χ4v) is 1.87. The summed E-state index contributed by atoms with van der Waals surface area (Å²) in [7, 11) is 6.05. The van der Waals surface area contributed by atoms with Crippen molar-refractivity contribution < 1.29 is 4.74 Å². The van der Waals surface area contributed by atoms with Crippen LogP contribution in [-0.2, 0) is 4.74 Å². The minimum Gasteiger partial charge on any atom is -0.378 e. The molecule has 1 fully saturated rings. The molecule has 1 N–H and O–H groups in total. The Kier molecular flexibility index (Phi) is 4.85. The van der Waals surface area contributed by atoms with E-state index in [1.54, 1.807) is 0 Å². The van der Waals surface area contributed by atoms with E-state index in [0.717, 1.165) is 26.1 Å². The number of hydrogen-bond acceptors (Lipinski definition) is 3. The number of ether oxygens (including phenoxy) is 1. The second-order valence-electron chi connectivity index (χ2n) is 4.54. The first-order valence-corrected chi connectivity index (χ1v) is 5.59. The van der Waals surface area contributed by atoms with E-state index in [-0.39, 0.29) is 5.60 Å². The molecule has 0 heterocycles. The highest BCUT2D eigenvalue weighted by Gasteiger charge is 2.35. The molecule has 0 atom stereocenters. The number of rotatable bonds is 7. The van der Waals surface area contributed by atoms with Crippen LogP contribution in [0.3, 0.4) is 0 Å². The van der Waals surface area contributed by atoms with Crippen LogP contribution in [-0.4, -0.2) is 51.3 Å². The topological polar surface area (TPSA) is 24.5 Å². The Hall–Kier alpha value is -0.120. The van der Waals surface area contributed by atoms with E-state index in [2.05, 4.69) is 24.3 Å². The van der Waals surface area contributed by atoms with Crippen molar-refractivity contribution in [3.05, 3.63) is 0 Å². The van der Waals surface area contributed by atoms with Crippen molar-refractivity contribution in [1.29, 1.82) is 0 Å². The van der Waals surface area contributed by atoms with E-state index in [1.807, 2.05) is 7.11 Å². The maximum absolute atomic E-state index is 5.55. The third-order valence-corrected chi connectivity index (χ3v) is 3.19. The van der Waals surface area contributed by atoms with E-state index < -0.39 is 0 Å². The predicted octanol–water partition coefficient (Wildman–Crippen LogP) is 1.10. The summed E-state index contributed by atoms with van der Waals surface area (Å²) < 4.78 is 5.55. The molecule has 0 saturated heterocycles. The number of likely N-dealkylation sites (N-methyl/N-ethyl adjacent to an activating group) is 1. The van der Waals surface area contributed by atoms with Gasteiger partial charge in [0, 0.05) is 20.2 Å². The minimum absolute atomic E-state index is 0.227. The smallest absolute Gasteiger partial charge is 0.0690 e. The molecule has 0 radical (unpaired) electrons. The molecule has 1 aliphatic carbocycles. The first-order valence-electron chi connectivity index (χ1n) is 5.59. The zero-order valence-electron chi connectivity index (χ0n) is 9.81. The summed E-state index contributed by atoms with van der Waals surface area (Å²) in [5.41, 5.74) is 0.227. The Balaban J connectivity index is 1.97. The van der Waals surface area contributed by atoms with Gasteiger partial charge in [0.1, 0.15) is 0 Å². The Bertz CT molecular complexity index is 150. The van der Waals surface area contributed by atoms with Gasteiger partial charge in [0.05, 0.1) is 5.60 Å². The molecule has 0 bridgehead atoms. The number of nitrogens with zero attached hydrogens (tertiary/aromatic N) is 1. The summed E-state index contributed by atoms with van der Waals surface area (Å²) in [6.07, 6.45) is 5.00. The Labute approximate surface area is 87.8 Å². The summed E-state index contributed by atoms with van der Waals surface area (Å²) >= 11 is 0. The van der Waals surface area contributed by atoms with Crippen LogP contribution < -0.4 is 5.32 Å². The van der Waals surface area contributed by atoms with Gasteiger partial charge >= 0.3 is 0 Å². The van der Waals surface area contributed by atoms with Gasteiger partial charge in [-0.15, -0.1) is 0 Å². The van der Waals surface area contributed by atoms with Crippen LogP contribution in [0.2, 0.25) is 0 Å². The lowest BCUT2D eigenvalue weighted by molar-refractivity contribution is -0.0767. The van der Waals surface area contributed by atoms with Crippen molar-refractivity contribution in [3.63, 3.8) is 0 Å². The Morgan fingerprint density at radius 3 is 2.43 bits per heavy atom. The highest BCUT2D eigenvalue weighted by molar-refractivity contribution is 4.89. The van der Waals surface area contributed by atoms with Crippen molar-refractivity contribution in [2.75, 3.05) is 40.8 Å². The van der Waals surface area contributed by atoms with Crippen LogP contribution in [0.4, 0.5) is 0 Å². The van der Waals surface area contributed by atoms with Gasteiger partial charge in [0.25, 0.3) is 0 Å². The number of nitrogens with one attached hydrogen (secondary N) is 1. The zero-order valence-corrected chi connectivity index (χ0v) is 9.81. The van der Waals surface area contributed by atoms with Crippen LogP contribution >= 0.6 is 0 Å². The standard InChI is InChI=1S/C11H24N2O/c1-13(2)10-9-12-8-7-11(14-3)5-4-6-11/h12H,4-10H2,1-3H3. The van der Waals surface area contributed by atoms with Crippen LogP contribution in [0.15, 0.2) is 0 Å². The fraction of sp³-hybridized carbons (Fsp3) is 1.00. The SMILES string of the molecule is COC1(CCNCCN(C)C)CCC1. The van der Waals surface area contributed by atoms with E-state index >= 15 is 0 Å². The maximum Gasteiger partial charge on any atom is 0.0690 e. The third-order valence-electron chi connectivity index (χ3n) is 3.19. The van der Waals surface area contributed by atoms with E-state index in [1.165, 1.54) is 19.3 Å². The van der Waals surface area contributed by atoms with Gasteiger partial charge in [0.15, 0.2) is 0 Å². The van der Waals surface area contributed by atoms with Crippen molar-refractivity contribution >= 4 is 0 Å². The molecule has 1 rings (SSSR count). The van der Waals surface area contributed by atoms with Gasteiger partial charge in [0.2, 0.25) is 0 Å². The molecule has 0 amide bonds. The van der Waals surface area contributed by atoms with E-state index in [9.17, 15) is 0 Å². The Morgan fingerprint density at radius 1 is 1.29 bits per heavy atom. The van der Waals surface area contributed by atoms with Gasteiger partial charge in [-0.1, -0.05) is 0 Å². The molecule has 1 saturated carbocycles. The van der Waals surface area contributed by atoms with Gasteiger partial charge in [-0.25, -0.2) is 0 Å². The average molecular weight is 200 g/mol. The lowest BCUT2D eigenvalue weighted by Crippen LogP contribution is -2.42. The molecule has 0 aromatic heterocycles. The quantitative estimate of drug-likeness (QED) is 0.623. The van der Waals surface area contributed by atoms with Crippen molar-refractivity contribution in [2.45, 2.75) is 31.3 Å². The first-order chi connectivity index (χ1) is 6.68. The number of methoxy groups -OCH3 is 1. The lowest BCUT2D eigenvalue weighted by atomic mass is 9.77. The second-order valence-corrected chi connectivity index (χ2v) is 4.54. The van der Waals surface area contributed by atoms with Gasteiger partial charge < -0.3 is 15.0 Å². The van der Waals surface area contributed by atoms with Crippen LogP contribution in [0, 0.1) is 0 Å². The molecule has 0 aromatic rings. The predicted molar refractivity (Wildman–Crippen MR) is 59.6 cm³/mol. The van der Waals surface area contributed by atoms with Gasteiger partial charge in [-0.2, -0.15) is 0 Å². The molecule has 84 valence electrons. The van der Waals surface area contributed by atoms with Gasteiger partial charge in [-0.05, 0) is 46.3 Å². The summed E-state index contributed by atoms with van der Waals surface area (Å²) in [4.78, 5) is 2.20. The minimum atomic E-state index is 0.227. The van der Waals surface area contributed by atoms with Crippen molar-refractivity contribution in [3.8, 4) is 0 Å². The summed E-state index contributed by atoms with van der Waals surface area (Å²) in [6.45, 7) is 3.27. The lowest BCUT2D eigenvalue weighted by Gasteiger charge is -2.40. The zero-order chi connectivity index (χ0) is 10.4. The third kappa shape index (κ3) is 3.56. The van der Waals surface area contributed by atoms with Crippen LogP contribution in [0.1, 0.15) is 25.7 Å². The molecule has 1 aliphatic rings. The van der Waals surface area contributed by atoms with Crippen molar-refractivity contribution in [2.24, 2.45) is 0 Å². The fourth-order valence-electron chi connectivity index (χ4n) is 1.87. The van der Waals surface area contributed by atoms with E-state index in [0.29, 0.717) is 0 Å². The highest BCUT2D eigenvalue weighted by atomic mass is 16.5. The number of hydrogen-bond donors (Lipinski definition) is 1. The van der Waals surface area contributed by atoms with Gasteiger partial charge in [-0.3, -0.25) is 0 Å². The first kappa shape index (κ1) is 12.0. The Morgan fingerprint density at radius 2 is 2.00 bits per heavy atom. The average Bonchev–Trinajstić information content (AvgIpc) is 2.08. The normalized spacial score (nSPS) is 19.7. The summed E-state index contributed by atoms with van der Waals surface area (Å²) in [5.74, 6) is 0. The monoisotopic (exact) mass is 200 g/mol. The molecular formula is C11H24N2O. The van der Waals surface area contributed by atoms with Crippen LogP contribution in [0.5, 0.6) is 0 Å². The molecule has 0 aromatic carbocycles. The second kappa shape index (κ2) is 5.69. The molecule has 3 nitrogen and oxygen atoms in total. The molecule has 0 spiro atoms. The van der Waals surface area contributed by atoms with Crippen LogP contribution in [0.25, 0.3) is 0 Å². The molecule has 0 unspecified atom stereocenters. The largest absolute Gasteiger partial charge is 0.378 e. The molecule has 3 heteroatoms. The molecule has 0 aliphatic heterocycles. The highest BCUT2D eigenvalue weighted by Crippen LogP contribution is 2.37. The molecule has 14 heavy (non-hydrogen) atoms.